The number of fused-ring (bicyclic) bond motifs is 1. The van der Waals surface area contributed by atoms with Crippen LogP contribution in [0.25, 0.3) is 10.9 Å². The zero-order valence-corrected chi connectivity index (χ0v) is 11.7. The van der Waals surface area contributed by atoms with Crippen LogP contribution in [-0.4, -0.2) is 24.5 Å². The van der Waals surface area contributed by atoms with Crippen molar-refractivity contribution in [2.45, 2.75) is 27.3 Å². The third-order valence-corrected chi connectivity index (χ3v) is 3.69. The Hall–Kier alpha value is -1.41. The molecule has 1 aromatic heterocycles. The number of likely N-dealkylation sites (N-methyl/N-ethyl adjacent to an activating group) is 1. The minimum absolute atomic E-state index is 1.06. The van der Waals surface area contributed by atoms with Gasteiger partial charge in [0.1, 0.15) is 0 Å². The van der Waals surface area contributed by atoms with E-state index in [1.807, 2.05) is 0 Å². The Morgan fingerprint density at radius 2 is 1.78 bits per heavy atom. The molecule has 0 aliphatic carbocycles. The van der Waals surface area contributed by atoms with Gasteiger partial charge in [0, 0.05) is 17.5 Å². The molecule has 0 aliphatic rings. The van der Waals surface area contributed by atoms with E-state index >= 15 is 0 Å². The number of hydrogen-bond acceptors (Lipinski definition) is 1. The van der Waals surface area contributed by atoms with Crippen molar-refractivity contribution in [3.63, 3.8) is 0 Å². The molecule has 0 fully saturated rings. The molecule has 0 atom stereocenters. The number of pyridine rings is 1. The van der Waals surface area contributed by atoms with Crippen LogP contribution in [0.15, 0.2) is 36.5 Å². The van der Waals surface area contributed by atoms with Gasteiger partial charge in [0.25, 0.3) is 0 Å². The number of nitrogens with zero attached hydrogens (tertiary/aromatic N) is 2. The summed E-state index contributed by atoms with van der Waals surface area (Å²) < 4.78 is 2.36. The number of aryl methyl sites for hydroxylation is 1. The van der Waals surface area contributed by atoms with Crippen molar-refractivity contribution in [1.82, 2.24) is 4.90 Å². The molecular formula is C16H23N2+. The summed E-state index contributed by atoms with van der Waals surface area (Å²) in [6.45, 7) is 11.1. The molecule has 0 bridgehead atoms. The van der Waals surface area contributed by atoms with Crippen molar-refractivity contribution in [3.05, 3.63) is 42.1 Å². The van der Waals surface area contributed by atoms with E-state index in [9.17, 15) is 0 Å². The lowest BCUT2D eigenvalue weighted by atomic mass is 10.1. The first-order valence-electron chi connectivity index (χ1n) is 6.86. The lowest BCUT2D eigenvalue weighted by Crippen LogP contribution is -2.41. The highest BCUT2D eigenvalue weighted by atomic mass is 15.1. The van der Waals surface area contributed by atoms with E-state index in [0.717, 1.165) is 26.2 Å². The third-order valence-electron chi connectivity index (χ3n) is 3.69. The number of benzene rings is 1. The van der Waals surface area contributed by atoms with Crippen LogP contribution in [0.2, 0.25) is 0 Å². The predicted molar refractivity (Wildman–Crippen MR) is 76.7 cm³/mol. The van der Waals surface area contributed by atoms with Gasteiger partial charge >= 0.3 is 0 Å². The molecular weight excluding hydrogens is 220 g/mol. The smallest absolute Gasteiger partial charge is 0.212 e. The standard InChI is InChI=1S/C16H23N2/c1-4-17(5-2)12-13-18-11-10-14(3)15-8-6-7-9-16(15)18/h6-11H,4-5,12-13H2,1-3H3/q+1. The molecule has 1 aromatic carbocycles. The first-order valence-corrected chi connectivity index (χ1v) is 6.86. The van der Waals surface area contributed by atoms with Crippen LogP contribution in [0.3, 0.4) is 0 Å². The average molecular weight is 243 g/mol. The fraction of sp³-hybridized carbons (Fsp3) is 0.438. The fourth-order valence-electron chi connectivity index (χ4n) is 2.41. The zero-order valence-electron chi connectivity index (χ0n) is 11.7. The molecule has 96 valence electrons. The molecule has 18 heavy (non-hydrogen) atoms. The largest absolute Gasteiger partial charge is 0.298 e. The molecule has 2 nitrogen and oxygen atoms in total. The summed E-state index contributed by atoms with van der Waals surface area (Å²) in [5.74, 6) is 0. The molecule has 2 aromatic rings. The van der Waals surface area contributed by atoms with Crippen LogP contribution in [0.4, 0.5) is 0 Å². The van der Waals surface area contributed by atoms with Crippen molar-refractivity contribution in [2.75, 3.05) is 19.6 Å². The van der Waals surface area contributed by atoms with E-state index in [0.29, 0.717) is 0 Å². The van der Waals surface area contributed by atoms with E-state index in [2.05, 4.69) is 66.8 Å². The molecule has 2 rings (SSSR count). The first kappa shape index (κ1) is 13.0. The van der Waals surface area contributed by atoms with E-state index in [1.165, 1.54) is 16.5 Å². The van der Waals surface area contributed by atoms with Crippen molar-refractivity contribution < 1.29 is 4.57 Å². The number of rotatable bonds is 5. The van der Waals surface area contributed by atoms with Gasteiger partial charge in [-0.25, -0.2) is 0 Å². The monoisotopic (exact) mass is 243 g/mol. The maximum Gasteiger partial charge on any atom is 0.212 e. The van der Waals surface area contributed by atoms with Crippen LogP contribution in [0.5, 0.6) is 0 Å². The van der Waals surface area contributed by atoms with Crippen molar-refractivity contribution in [1.29, 1.82) is 0 Å². The normalized spacial score (nSPS) is 11.3. The molecule has 0 saturated carbocycles. The number of para-hydroxylation sites is 1. The van der Waals surface area contributed by atoms with Gasteiger partial charge in [0.05, 0.1) is 6.54 Å². The molecule has 0 radical (unpaired) electrons. The molecule has 1 heterocycles. The number of hydrogen-bond donors (Lipinski definition) is 0. The molecule has 0 amide bonds. The highest BCUT2D eigenvalue weighted by molar-refractivity contribution is 5.78. The second-order valence-corrected chi connectivity index (χ2v) is 4.74. The zero-order chi connectivity index (χ0) is 13.0. The average Bonchev–Trinajstić information content (AvgIpc) is 2.42. The van der Waals surface area contributed by atoms with E-state index in [1.54, 1.807) is 0 Å². The summed E-state index contributed by atoms with van der Waals surface area (Å²) in [6.07, 6.45) is 2.21. The minimum Gasteiger partial charge on any atom is -0.298 e. The van der Waals surface area contributed by atoms with Gasteiger partial charge in [-0.3, -0.25) is 4.90 Å². The van der Waals surface area contributed by atoms with E-state index < -0.39 is 0 Å². The van der Waals surface area contributed by atoms with Crippen LogP contribution in [0, 0.1) is 6.92 Å². The highest BCUT2D eigenvalue weighted by Gasteiger charge is 2.11. The number of aromatic nitrogens is 1. The first-order chi connectivity index (χ1) is 8.76. The van der Waals surface area contributed by atoms with Gasteiger partial charge in [-0.15, -0.1) is 0 Å². The summed E-state index contributed by atoms with van der Waals surface area (Å²) >= 11 is 0. The van der Waals surface area contributed by atoms with Crippen LogP contribution in [0.1, 0.15) is 19.4 Å². The van der Waals surface area contributed by atoms with E-state index in [4.69, 9.17) is 0 Å². The molecule has 0 spiro atoms. The van der Waals surface area contributed by atoms with Gasteiger partial charge in [-0.2, -0.15) is 4.57 Å². The molecule has 0 saturated heterocycles. The summed E-state index contributed by atoms with van der Waals surface area (Å²) in [7, 11) is 0. The Balaban J connectivity index is 2.26. The van der Waals surface area contributed by atoms with Crippen molar-refractivity contribution >= 4 is 10.9 Å². The summed E-state index contributed by atoms with van der Waals surface area (Å²) in [5.41, 5.74) is 2.69. The molecule has 0 unspecified atom stereocenters. The summed E-state index contributed by atoms with van der Waals surface area (Å²) in [4.78, 5) is 2.46. The lowest BCUT2D eigenvalue weighted by molar-refractivity contribution is -0.671. The minimum atomic E-state index is 1.06. The Kier molecular flexibility index (Phi) is 4.32. The Bertz CT molecular complexity index is 515. The van der Waals surface area contributed by atoms with Crippen LogP contribution >= 0.6 is 0 Å². The van der Waals surface area contributed by atoms with Crippen LogP contribution in [-0.2, 0) is 6.54 Å². The highest BCUT2D eigenvalue weighted by Crippen LogP contribution is 2.13. The predicted octanol–water partition coefficient (Wildman–Crippen LogP) is 2.78. The van der Waals surface area contributed by atoms with E-state index in [-0.39, 0.29) is 0 Å². The molecule has 0 N–H and O–H groups in total. The van der Waals surface area contributed by atoms with Gasteiger partial charge in [-0.05, 0) is 31.6 Å². The van der Waals surface area contributed by atoms with Crippen molar-refractivity contribution in [2.24, 2.45) is 0 Å². The fourth-order valence-corrected chi connectivity index (χ4v) is 2.41. The second kappa shape index (κ2) is 5.96. The Labute approximate surface area is 110 Å². The van der Waals surface area contributed by atoms with Crippen LogP contribution < -0.4 is 4.57 Å². The Morgan fingerprint density at radius 1 is 1.06 bits per heavy atom. The Morgan fingerprint density at radius 3 is 2.50 bits per heavy atom. The topological polar surface area (TPSA) is 7.12 Å². The van der Waals surface area contributed by atoms with Crippen molar-refractivity contribution in [3.8, 4) is 0 Å². The third kappa shape index (κ3) is 2.70. The second-order valence-electron chi connectivity index (χ2n) is 4.74. The summed E-state index contributed by atoms with van der Waals surface area (Å²) in [6, 6.07) is 10.9. The lowest BCUT2D eigenvalue weighted by Gasteiger charge is -2.16. The quantitative estimate of drug-likeness (QED) is 0.732. The van der Waals surface area contributed by atoms with Gasteiger partial charge in [-0.1, -0.05) is 26.0 Å². The maximum atomic E-state index is 2.46. The molecule has 0 aliphatic heterocycles. The SMILES string of the molecule is CCN(CC)CC[n+]1ccc(C)c2ccccc21. The van der Waals surface area contributed by atoms with Gasteiger partial charge in [0.15, 0.2) is 12.7 Å². The maximum absolute atomic E-state index is 2.46. The van der Waals surface area contributed by atoms with Gasteiger partial charge < -0.3 is 0 Å². The summed E-state index contributed by atoms with van der Waals surface area (Å²) in [5, 5.41) is 1.36. The van der Waals surface area contributed by atoms with Gasteiger partial charge in [0.2, 0.25) is 5.52 Å². The molecule has 2 heteroatoms.